The lowest BCUT2D eigenvalue weighted by molar-refractivity contribution is 0.186. The Morgan fingerprint density at radius 3 is 3.00 bits per heavy atom. The van der Waals surface area contributed by atoms with E-state index in [1.54, 1.807) is 0 Å². The molecule has 16 heavy (non-hydrogen) atoms. The van der Waals surface area contributed by atoms with Crippen LogP contribution in [-0.2, 0) is 0 Å². The maximum atomic E-state index is 5.88. The van der Waals surface area contributed by atoms with Crippen molar-refractivity contribution < 1.29 is 4.42 Å². The van der Waals surface area contributed by atoms with Gasteiger partial charge in [0.2, 0.25) is 0 Å². The van der Waals surface area contributed by atoms with E-state index < -0.39 is 0 Å². The zero-order valence-corrected chi connectivity index (χ0v) is 10.8. The van der Waals surface area contributed by atoms with Crippen LogP contribution in [0.25, 0.3) is 0 Å². The first kappa shape index (κ1) is 12.0. The predicted octanol–water partition coefficient (Wildman–Crippen LogP) is 2.03. The van der Waals surface area contributed by atoms with Gasteiger partial charge in [-0.25, -0.2) is 0 Å². The van der Waals surface area contributed by atoms with Gasteiger partial charge in [-0.3, -0.25) is 4.90 Å². The number of rotatable bonds is 3. The van der Waals surface area contributed by atoms with Gasteiger partial charge in [-0.15, -0.1) is 0 Å². The van der Waals surface area contributed by atoms with E-state index in [0.29, 0.717) is 11.8 Å². The lowest BCUT2D eigenvalue weighted by atomic mass is 10.1. The van der Waals surface area contributed by atoms with Gasteiger partial charge in [0.15, 0.2) is 0 Å². The molecule has 1 aromatic heterocycles. The van der Waals surface area contributed by atoms with Crippen LogP contribution < -0.4 is 5.73 Å². The molecule has 1 aliphatic rings. The Bertz CT molecular complexity index is 340. The number of aryl methyl sites for hydroxylation is 1. The van der Waals surface area contributed by atoms with Crippen molar-refractivity contribution in [3.05, 3.63) is 23.7 Å². The van der Waals surface area contributed by atoms with Crippen LogP contribution in [0.4, 0.5) is 0 Å². The summed E-state index contributed by atoms with van der Waals surface area (Å²) in [5.74, 6) is 3.17. The Morgan fingerprint density at radius 1 is 1.62 bits per heavy atom. The molecule has 4 heteroatoms. The van der Waals surface area contributed by atoms with Gasteiger partial charge < -0.3 is 10.2 Å². The number of furan rings is 1. The fourth-order valence-corrected chi connectivity index (χ4v) is 3.25. The third-order valence-electron chi connectivity index (χ3n) is 3.03. The van der Waals surface area contributed by atoms with Crippen LogP contribution >= 0.6 is 11.8 Å². The van der Waals surface area contributed by atoms with E-state index in [0.717, 1.165) is 24.6 Å². The number of nitrogens with zero attached hydrogens (tertiary/aromatic N) is 1. The molecule has 2 rings (SSSR count). The Morgan fingerprint density at radius 2 is 2.44 bits per heavy atom. The number of nitrogens with two attached hydrogens (primary N) is 1. The number of hydrogen-bond acceptors (Lipinski definition) is 4. The van der Waals surface area contributed by atoms with Gasteiger partial charge in [0.25, 0.3) is 0 Å². The molecule has 0 saturated carbocycles. The molecule has 2 unspecified atom stereocenters. The molecule has 3 nitrogen and oxygen atoms in total. The van der Waals surface area contributed by atoms with Crippen LogP contribution in [0.15, 0.2) is 16.5 Å². The topological polar surface area (TPSA) is 42.4 Å². The second-order valence-electron chi connectivity index (χ2n) is 4.38. The van der Waals surface area contributed by atoms with Gasteiger partial charge in [-0.1, -0.05) is 6.92 Å². The van der Waals surface area contributed by atoms with Gasteiger partial charge >= 0.3 is 0 Å². The first-order valence-electron chi connectivity index (χ1n) is 5.82. The van der Waals surface area contributed by atoms with E-state index in [9.17, 15) is 0 Å². The minimum absolute atomic E-state index is 0.247. The van der Waals surface area contributed by atoms with Gasteiger partial charge in [0.05, 0.1) is 6.04 Å². The van der Waals surface area contributed by atoms with Crippen LogP contribution in [0.1, 0.15) is 24.5 Å². The summed E-state index contributed by atoms with van der Waals surface area (Å²) in [6, 6.07) is 4.32. The Labute approximate surface area is 101 Å². The smallest absolute Gasteiger partial charge is 0.122 e. The van der Waals surface area contributed by atoms with Gasteiger partial charge in [0, 0.05) is 30.6 Å². The average molecular weight is 240 g/mol. The molecule has 1 fully saturated rings. The fourth-order valence-electron chi connectivity index (χ4n) is 2.21. The maximum absolute atomic E-state index is 5.88. The highest BCUT2D eigenvalue weighted by molar-refractivity contribution is 7.99. The van der Waals surface area contributed by atoms with Crippen molar-refractivity contribution in [2.45, 2.75) is 25.1 Å². The molecule has 1 saturated heterocycles. The molecule has 1 aromatic rings. The molecular formula is C12H20N2OS. The van der Waals surface area contributed by atoms with E-state index in [1.165, 1.54) is 5.75 Å². The molecule has 90 valence electrons. The quantitative estimate of drug-likeness (QED) is 0.878. The summed E-state index contributed by atoms with van der Waals surface area (Å²) < 4.78 is 5.70. The maximum Gasteiger partial charge on any atom is 0.122 e. The van der Waals surface area contributed by atoms with Crippen molar-refractivity contribution in [1.29, 1.82) is 0 Å². The molecule has 2 heterocycles. The molecule has 0 amide bonds. The second kappa shape index (κ2) is 5.25. The highest BCUT2D eigenvalue weighted by atomic mass is 32.2. The third kappa shape index (κ3) is 2.62. The van der Waals surface area contributed by atoms with Crippen LogP contribution in [0.2, 0.25) is 0 Å². The van der Waals surface area contributed by atoms with Crippen molar-refractivity contribution in [1.82, 2.24) is 4.90 Å². The first-order chi connectivity index (χ1) is 7.70. The third-order valence-corrected chi connectivity index (χ3v) is 4.16. The zero-order chi connectivity index (χ0) is 11.5. The summed E-state index contributed by atoms with van der Waals surface area (Å²) in [5.41, 5.74) is 5.88. The molecule has 0 spiro atoms. The van der Waals surface area contributed by atoms with E-state index in [1.807, 2.05) is 24.8 Å². The van der Waals surface area contributed by atoms with E-state index in [-0.39, 0.29) is 6.04 Å². The minimum Gasteiger partial charge on any atom is -0.465 e. The van der Waals surface area contributed by atoms with Crippen molar-refractivity contribution >= 4 is 11.8 Å². The SMILES string of the molecule is Cc1ccc(C(CN)N2CCSC(C)C2)o1. The van der Waals surface area contributed by atoms with Gasteiger partial charge in [0.1, 0.15) is 11.5 Å². The molecule has 1 aliphatic heterocycles. The zero-order valence-electron chi connectivity index (χ0n) is 9.98. The Hall–Kier alpha value is -0.450. The summed E-state index contributed by atoms with van der Waals surface area (Å²) in [6.07, 6.45) is 0. The Kier molecular flexibility index (Phi) is 3.95. The molecule has 0 aromatic carbocycles. The molecule has 2 N–H and O–H groups in total. The van der Waals surface area contributed by atoms with E-state index in [2.05, 4.69) is 17.9 Å². The first-order valence-corrected chi connectivity index (χ1v) is 6.87. The van der Waals surface area contributed by atoms with Crippen molar-refractivity contribution in [3.63, 3.8) is 0 Å². The average Bonchev–Trinajstić information content (AvgIpc) is 2.66. The molecule has 0 radical (unpaired) electrons. The standard InChI is InChI=1S/C12H20N2OS/c1-9-3-4-12(15-9)11(7-13)14-5-6-16-10(2)8-14/h3-4,10-11H,5-8,13H2,1-2H3. The Balaban J connectivity index is 2.09. The molecular weight excluding hydrogens is 220 g/mol. The molecule has 2 atom stereocenters. The number of thioether (sulfide) groups is 1. The van der Waals surface area contributed by atoms with Crippen LogP contribution in [0.5, 0.6) is 0 Å². The lowest BCUT2D eigenvalue weighted by Crippen LogP contribution is -2.41. The van der Waals surface area contributed by atoms with Crippen molar-refractivity contribution in [3.8, 4) is 0 Å². The second-order valence-corrected chi connectivity index (χ2v) is 5.92. The van der Waals surface area contributed by atoms with Gasteiger partial charge in [-0.05, 0) is 19.1 Å². The fraction of sp³-hybridized carbons (Fsp3) is 0.667. The summed E-state index contributed by atoms with van der Waals surface area (Å²) >= 11 is 2.04. The predicted molar refractivity (Wildman–Crippen MR) is 68.7 cm³/mol. The molecule has 0 bridgehead atoms. The van der Waals surface area contributed by atoms with Crippen LogP contribution in [0.3, 0.4) is 0 Å². The largest absolute Gasteiger partial charge is 0.465 e. The van der Waals surface area contributed by atoms with Crippen LogP contribution in [-0.4, -0.2) is 35.5 Å². The number of hydrogen-bond donors (Lipinski definition) is 1. The van der Waals surface area contributed by atoms with Crippen LogP contribution in [0, 0.1) is 6.92 Å². The van der Waals surface area contributed by atoms with E-state index >= 15 is 0 Å². The molecule has 0 aliphatic carbocycles. The monoisotopic (exact) mass is 240 g/mol. The lowest BCUT2D eigenvalue weighted by Gasteiger charge is -2.35. The normalized spacial score (nSPS) is 24.6. The summed E-state index contributed by atoms with van der Waals surface area (Å²) in [7, 11) is 0. The summed E-state index contributed by atoms with van der Waals surface area (Å²) in [5, 5.41) is 0.693. The van der Waals surface area contributed by atoms with Crippen molar-refractivity contribution in [2.24, 2.45) is 5.73 Å². The van der Waals surface area contributed by atoms with Crippen molar-refractivity contribution in [2.75, 3.05) is 25.4 Å². The highest BCUT2D eigenvalue weighted by Crippen LogP contribution is 2.27. The summed E-state index contributed by atoms with van der Waals surface area (Å²) in [6.45, 7) is 7.09. The summed E-state index contributed by atoms with van der Waals surface area (Å²) in [4.78, 5) is 2.44. The van der Waals surface area contributed by atoms with E-state index in [4.69, 9.17) is 10.2 Å². The highest BCUT2D eigenvalue weighted by Gasteiger charge is 2.26. The van der Waals surface area contributed by atoms with Gasteiger partial charge in [-0.2, -0.15) is 11.8 Å². The minimum atomic E-state index is 0.247.